The van der Waals surface area contributed by atoms with Crippen LogP contribution in [0, 0.1) is 0 Å². The second-order valence-corrected chi connectivity index (χ2v) is 13.2. The molecular formula is C40H36N2O7. The van der Waals surface area contributed by atoms with Crippen molar-refractivity contribution < 1.29 is 33.5 Å². The van der Waals surface area contributed by atoms with Crippen molar-refractivity contribution in [1.29, 1.82) is 0 Å². The third-order valence-electron chi connectivity index (χ3n) is 9.29. The average Bonchev–Trinajstić information content (AvgIpc) is 3.40. The minimum atomic E-state index is -2.15. The van der Waals surface area contributed by atoms with Crippen LogP contribution in [0.5, 0.6) is 11.5 Å². The molecule has 0 spiro atoms. The van der Waals surface area contributed by atoms with Gasteiger partial charge in [-0.2, -0.15) is 0 Å². The smallest absolute Gasteiger partial charge is 0.218 e. The van der Waals surface area contributed by atoms with E-state index in [4.69, 9.17) is 4.74 Å². The molecule has 0 heterocycles. The third-order valence-corrected chi connectivity index (χ3v) is 9.29. The molecule has 2 aliphatic carbocycles. The SMILES string of the molecule is CC(=O)NC1(c2ccc(C(C)C)cc2Oc2cc(C(C)C)ccc2C2(NC(C)=O)C(=O)c3ccccc3C2=O)C(=O)c2ccccc2C1=O. The Hall–Kier alpha value is -5.70. The molecule has 0 fully saturated rings. The van der Waals surface area contributed by atoms with Crippen LogP contribution < -0.4 is 15.4 Å². The van der Waals surface area contributed by atoms with Crippen LogP contribution in [0.2, 0.25) is 0 Å². The number of ether oxygens (including phenoxy) is 1. The molecule has 0 saturated carbocycles. The Labute approximate surface area is 284 Å². The number of hydrogen-bond donors (Lipinski definition) is 2. The zero-order valence-corrected chi connectivity index (χ0v) is 28.1. The van der Waals surface area contributed by atoms with Crippen LogP contribution in [0.4, 0.5) is 0 Å². The van der Waals surface area contributed by atoms with Crippen LogP contribution in [0.1, 0.15) is 117 Å². The zero-order valence-electron chi connectivity index (χ0n) is 28.1. The van der Waals surface area contributed by atoms with E-state index in [0.717, 1.165) is 11.1 Å². The topological polar surface area (TPSA) is 136 Å². The molecule has 0 radical (unpaired) electrons. The van der Waals surface area contributed by atoms with Gasteiger partial charge < -0.3 is 15.4 Å². The molecule has 0 unspecified atom stereocenters. The van der Waals surface area contributed by atoms with Crippen LogP contribution in [-0.4, -0.2) is 34.9 Å². The highest BCUT2D eigenvalue weighted by Crippen LogP contribution is 2.47. The Kier molecular flexibility index (Phi) is 8.18. The summed E-state index contributed by atoms with van der Waals surface area (Å²) in [6, 6.07) is 22.9. The van der Waals surface area contributed by atoms with Crippen molar-refractivity contribution in [2.45, 2.75) is 64.5 Å². The molecule has 9 nitrogen and oxygen atoms in total. The minimum absolute atomic E-state index is 0.0139. The van der Waals surface area contributed by atoms with Crippen LogP contribution in [0.3, 0.4) is 0 Å². The fraction of sp³-hybridized carbons (Fsp3) is 0.250. The molecule has 0 atom stereocenters. The number of ketones is 4. The summed E-state index contributed by atoms with van der Waals surface area (Å²) in [5.74, 6) is -3.60. The van der Waals surface area contributed by atoms with E-state index in [-0.39, 0.29) is 56.7 Å². The molecule has 2 amide bonds. The summed E-state index contributed by atoms with van der Waals surface area (Å²) in [5.41, 5.74) is -1.91. The summed E-state index contributed by atoms with van der Waals surface area (Å²) >= 11 is 0. The third kappa shape index (κ3) is 5.08. The first-order valence-corrected chi connectivity index (χ1v) is 16.2. The van der Waals surface area contributed by atoms with E-state index in [2.05, 4.69) is 10.6 Å². The molecular weight excluding hydrogens is 620 g/mol. The van der Waals surface area contributed by atoms with Crippen LogP contribution in [0.15, 0.2) is 84.9 Å². The quantitative estimate of drug-likeness (QED) is 0.205. The maximum absolute atomic E-state index is 14.3. The monoisotopic (exact) mass is 656 g/mol. The minimum Gasteiger partial charge on any atom is -0.457 e. The predicted molar refractivity (Wildman–Crippen MR) is 182 cm³/mol. The first-order chi connectivity index (χ1) is 23.2. The van der Waals surface area contributed by atoms with Crippen molar-refractivity contribution >= 4 is 34.9 Å². The second kappa shape index (κ2) is 12.1. The molecule has 0 saturated heterocycles. The average molecular weight is 657 g/mol. The second-order valence-electron chi connectivity index (χ2n) is 13.2. The first kappa shape index (κ1) is 33.2. The molecule has 2 N–H and O–H groups in total. The molecule has 49 heavy (non-hydrogen) atoms. The van der Waals surface area contributed by atoms with E-state index in [9.17, 15) is 28.8 Å². The lowest BCUT2D eigenvalue weighted by Crippen LogP contribution is -2.54. The van der Waals surface area contributed by atoms with Gasteiger partial charge in [0.05, 0.1) is 0 Å². The molecule has 248 valence electrons. The Bertz CT molecular complexity index is 1890. The number of amides is 2. The van der Waals surface area contributed by atoms with E-state index in [1.165, 1.54) is 13.8 Å². The van der Waals surface area contributed by atoms with Crippen molar-refractivity contribution in [3.63, 3.8) is 0 Å². The van der Waals surface area contributed by atoms with E-state index in [1.807, 2.05) is 27.7 Å². The molecule has 0 aromatic heterocycles. The highest BCUT2D eigenvalue weighted by atomic mass is 16.5. The fourth-order valence-corrected chi connectivity index (χ4v) is 6.85. The molecule has 9 heteroatoms. The number of carbonyl (C=O) groups is 6. The summed E-state index contributed by atoms with van der Waals surface area (Å²) in [6.07, 6.45) is 0. The number of fused-ring (bicyclic) bond motifs is 2. The Morgan fingerprint density at radius 1 is 0.531 bits per heavy atom. The number of nitrogens with one attached hydrogen (secondary N) is 2. The number of rotatable bonds is 8. The van der Waals surface area contributed by atoms with Gasteiger partial charge in [0.25, 0.3) is 0 Å². The maximum Gasteiger partial charge on any atom is 0.218 e. The zero-order chi connectivity index (χ0) is 35.4. The molecule has 2 aliphatic rings. The Balaban J connectivity index is 1.63. The van der Waals surface area contributed by atoms with Gasteiger partial charge in [0.15, 0.2) is 11.1 Å². The van der Waals surface area contributed by atoms with Gasteiger partial charge in [0, 0.05) is 47.2 Å². The Morgan fingerprint density at radius 3 is 1.10 bits per heavy atom. The van der Waals surface area contributed by atoms with Gasteiger partial charge in [-0.1, -0.05) is 100 Å². The molecule has 6 rings (SSSR count). The van der Waals surface area contributed by atoms with Gasteiger partial charge >= 0.3 is 0 Å². The van der Waals surface area contributed by atoms with E-state index in [1.54, 1.807) is 84.9 Å². The van der Waals surface area contributed by atoms with E-state index in [0.29, 0.717) is 0 Å². The highest BCUT2D eigenvalue weighted by molar-refractivity contribution is 6.35. The van der Waals surface area contributed by atoms with E-state index < -0.39 is 46.0 Å². The molecule has 4 aromatic rings. The van der Waals surface area contributed by atoms with Crippen molar-refractivity contribution in [1.82, 2.24) is 10.6 Å². The molecule has 0 aliphatic heterocycles. The summed E-state index contributed by atoms with van der Waals surface area (Å²) < 4.78 is 6.74. The lowest BCUT2D eigenvalue weighted by Gasteiger charge is -2.32. The fourth-order valence-electron chi connectivity index (χ4n) is 6.85. The Morgan fingerprint density at radius 2 is 0.837 bits per heavy atom. The first-order valence-electron chi connectivity index (χ1n) is 16.2. The highest BCUT2D eigenvalue weighted by Gasteiger charge is 2.58. The standard InChI is InChI=1S/C40H36N2O7/c1-21(2)25-15-17-31(39(41-23(5)43)35(45)27-11-7-8-12-28(27)36(39)46)33(19-25)49-34-20-26(22(3)4)16-18-32(34)40(42-24(6)44)37(47)29-13-9-10-14-30(29)38(40)48/h7-22H,1-6H3,(H,41,43)(H,42,44). The number of benzene rings is 4. The van der Waals surface area contributed by atoms with Gasteiger partial charge in [0.1, 0.15) is 11.5 Å². The normalized spacial score (nSPS) is 15.8. The van der Waals surface area contributed by atoms with E-state index >= 15 is 0 Å². The van der Waals surface area contributed by atoms with Crippen molar-refractivity contribution in [3.8, 4) is 11.5 Å². The maximum atomic E-state index is 14.3. The van der Waals surface area contributed by atoms with Gasteiger partial charge in [-0.25, -0.2) is 0 Å². The van der Waals surface area contributed by atoms with Crippen LogP contribution >= 0.6 is 0 Å². The summed E-state index contributed by atoms with van der Waals surface area (Å²) in [6.45, 7) is 10.3. The number of Topliss-reactive ketones (excluding diaryl/α,β-unsaturated/α-hetero) is 4. The predicted octanol–water partition coefficient (Wildman–Crippen LogP) is 6.55. The van der Waals surface area contributed by atoms with Gasteiger partial charge in [0.2, 0.25) is 34.9 Å². The largest absolute Gasteiger partial charge is 0.457 e. The van der Waals surface area contributed by atoms with Crippen LogP contribution in [0.25, 0.3) is 0 Å². The van der Waals surface area contributed by atoms with Gasteiger partial charge in [-0.3, -0.25) is 28.8 Å². The van der Waals surface area contributed by atoms with Crippen molar-refractivity contribution in [2.24, 2.45) is 0 Å². The van der Waals surface area contributed by atoms with Gasteiger partial charge in [-0.05, 0) is 35.1 Å². The summed E-state index contributed by atoms with van der Waals surface area (Å²) in [5, 5.41) is 5.34. The summed E-state index contributed by atoms with van der Waals surface area (Å²) in [7, 11) is 0. The van der Waals surface area contributed by atoms with Crippen molar-refractivity contribution in [3.05, 3.63) is 129 Å². The molecule has 0 bridgehead atoms. The van der Waals surface area contributed by atoms with Gasteiger partial charge in [-0.15, -0.1) is 0 Å². The molecule has 4 aromatic carbocycles. The number of hydrogen-bond acceptors (Lipinski definition) is 7. The number of carbonyl (C=O) groups excluding carboxylic acids is 6. The lowest BCUT2D eigenvalue weighted by molar-refractivity contribution is -0.120. The van der Waals surface area contributed by atoms with Crippen molar-refractivity contribution in [2.75, 3.05) is 0 Å². The lowest BCUT2D eigenvalue weighted by atomic mass is 9.82. The van der Waals surface area contributed by atoms with Crippen LogP contribution in [-0.2, 0) is 20.7 Å². The summed E-state index contributed by atoms with van der Waals surface area (Å²) in [4.78, 5) is 82.6.